The topological polar surface area (TPSA) is 83.3 Å². The highest BCUT2D eigenvalue weighted by molar-refractivity contribution is 5.94. The smallest absolute Gasteiger partial charge is 0.223 e. The maximum atomic E-state index is 11.5. The predicted octanol–water partition coefficient (Wildman–Crippen LogP) is 2.31. The van der Waals surface area contributed by atoms with Gasteiger partial charge in [-0.2, -0.15) is 5.26 Å². The third-order valence-corrected chi connectivity index (χ3v) is 3.60. The van der Waals surface area contributed by atoms with Crippen molar-refractivity contribution < 1.29 is 9.21 Å². The van der Waals surface area contributed by atoms with Crippen LogP contribution < -0.4 is 10.6 Å². The van der Waals surface area contributed by atoms with Crippen LogP contribution in [-0.4, -0.2) is 12.5 Å². The highest BCUT2D eigenvalue weighted by Gasteiger charge is 2.23. The lowest BCUT2D eigenvalue weighted by molar-refractivity contribution is -0.116. The normalized spacial score (nSPS) is 13.1. The average Bonchev–Trinajstić information content (AvgIpc) is 3.00. The van der Waals surface area contributed by atoms with Gasteiger partial charge in [0.2, 0.25) is 11.8 Å². The fraction of sp³-hybridized carbons (Fsp3) is 0.200. The molecule has 2 heterocycles. The van der Waals surface area contributed by atoms with Gasteiger partial charge < -0.3 is 15.1 Å². The summed E-state index contributed by atoms with van der Waals surface area (Å²) in [6.07, 6.45) is 2.31. The van der Waals surface area contributed by atoms with Crippen molar-refractivity contribution in [2.75, 3.05) is 17.2 Å². The van der Waals surface area contributed by atoms with Crippen LogP contribution in [0.5, 0.6) is 0 Å². The Morgan fingerprint density at radius 1 is 1.50 bits per heavy atom. The first-order chi connectivity index (χ1) is 9.61. The summed E-state index contributed by atoms with van der Waals surface area (Å²) in [6.45, 7) is 2.26. The molecule has 1 aromatic carbocycles. The Bertz CT molecular complexity index is 740. The SMILES string of the molecule is CC(=O)N1CCc2cc(-c3coc(N)c3C#N)ccc21. The Kier molecular flexibility index (Phi) is 2.72. The number of carbonyl (C=O) groups excluding carboxylic acids is 1. The fourth-order valence-electron chi connectivity index (χ4n) is 2.60. The summed E-state index contributed by atoms with van der Waals surface area (Å²) in [6, 6.07) is 7.83. The molecule has 0 radical (unpaired) electrons. The molecule has 0 aliphatic carbocycles. The first kappa shape index (κ1) is 12.3. The standard InChI is InChI=1S/C15H13N3O2/c1-9(19)18-5-4-11-6-10(2-3-14(11)18)13-8-20-15(17)12(13)7-16/h2-3,6,8H,4-5,17H2,1H3. The van der Waals surface area contributed by atoms with E-state index in [9.17, 15) is 4.79 Å². The Hall–Kier alpha value is -2.74. The van der Waals surface area contributed by atoms with Gasteiger partial charge in [0.25, 0.3) is 0 Å². The molecule has 0 saturated carbocycles. The summed E-state index contributed by atoms with van der Waals surface area (Å²) in [5, 5.41) is 9.11. The van der Waals surface area contributed by atoms with Gasteiger partial charge in [-0.3, -0.25) is 4.79 Å². The Labute approximate surface area is 116 Å². The monoisotopic (exact) mass is 267 g/mol. The maximum Gasteiger partial charge on any atom is 0.223 e. The molecule has 0 saturated heterocycles. The van der Waals surface area contributed by atoms with E-state index in [2.05, 4.69) is 6.07 Å². The molecule has 1 amide bonds. The van der Waals surface area contributed by atoms with E-state index in [0.29, 0.717) is 17.7 Å². The number of benzene rings is 1. The highest BCUT2D eigenvalue weighted by Crippen LogP contribution is 2.35. The Morgan fingerprint density at radius 2 is 2.30 bits per heavy atom. The molecule has 0 atom stereocenters. The zero-order chi connectivity index (χ0) is 14.3. The molecule has 0 fully saturated rings. The second kappa shape index (κ2) is 4.42. The molecule has 0 bridgehead atoms. The average molecular weight is 267 g/mol. The number of carbonyl (C=O) groups is 1. The van der Waals surface area contributed by atoms with Gasteiger partial charge in [0.1, 0.15) is 17.9 Å². The van der Waals surface area contributed by atoms with Crippen molar-refractivity contribution in [3.63, 3.8) is 0 Å². The van der Waals surface area contributed by atoms with Gasteiger partial charge in [-0.15, -0.1) is 0 Å². The third kappa shape index (κ3) is 1.74. The van der Waals surface area contributed by atoms with Crippen molar-refractivity contribution in [2.45, 2.75) is 13.3 Å². The number of rotatable bonds is 1. The molecular formula is C15H13N3O2. The molecule has 2 aromatic rings. The van der Waals surface area contributed by atoms with Gasteiger partial charge in [0.15, 0.2) is 0 Å². The second-order valence-electron chi connectivity index (χ2n) is 4.76. The Balaban J connectivity index is 2.07. The summed E-state index contributed by atoms with van der Waals surface area (Å²) in [7, 11) is 0. The highest BCUT2D eigenvalue weighted by atomic mass is 16.3. The van der Waals surface area contributed by atoms with E-state index < -0.39 is 0 Å². The summed E-state index contributed by atoms with van der Waals surface area (Å²) in [5.74, 6) is 0.176. The van der Waals surface area contributed by atoms with Crippen LogP contribution in [0.2, 0.25) is 0 Å². The lowest BCUT2D eigenvalue weighted by Gasteiger charge is -2.14. The number of nitrogens with two attached hydrogens (primary N) is 1. The van der Waals surface area contributed by atoms with E-state index in [0.717, 1.165) is 23.2 Å². The number of hydrogen-bond donors (Lipinski definition) is 1. The largest absolute Gasteiger partial charge is 0.447 e. The van der Waals surface area contributed by atoms with Gasteiger partial charge in [0.05, 0.1) is 0 Å². The number of nitrogens with zero attached hydrogens (tertiary/aromatic N) is 2. The van der Waals surface area contributed by atoms with Crippen molar-refractivity contribution >= 4 is 17.5 Å². The van der Waals surface area contributed by atoms with Crippen molar-refractivity contribution in [2.24, 2.45) is 0 Å². The van der Waals surface area contributed by atoms with Crippen molar-refractivity contribution in [3.05, 3.63) is 35.6 Å². The number of fused-ring (bicyclic) bond motifs is 1. The molecule has 1 aromatic heterocycles. The molecule has 100 valence electrons. The van der Waals surface area contributed by atoms with E-state index >= 15 is 0 Å². The number of amides is 1. The van der Waals surface area contributed by atoms with Crippen molar-refractivity contribution in [3.8, 4) is 17.2 Å². The molecule has 1 aliphatic rings. The molecule has 1 aliphatic heterocycles. The fourth-order valence-corrected chi connectivity index (χ4v) is 2.60. The number of nitriles is 1. The number of furan rings is 1. The van der Waals surface area contributed by atoms with Crippen LogP contribution in [-0.2, 0) is 11.2 Å². The minimum absolute atomic E-state index is 0.0433. The van der Waals surface area contributed by atoms with E-state index in [-0.39, 0.29) is 11.8 Å². The molecule has 0 spiro atoms. The van der Waals surface area contributed by atoms with Crippen LogP contribution >= 0.6 is 0 Å². The van der Waals surface area contributed by atoms with Gasteiger partial charge in [-0.05, 0) is 29.7 Å². The van der Waals surface area contributed by atoms with Crippen LogP contribution in [0.1, 0.15) is 18.1 Å². The van der Waals surface area contributed by atoms with E-state index in [1.807, 2.05) is 18.2 Å². The Morgan fingerprint density at radius 3 is 3.00 bits per heavy atom. The minimum atomic E-state index is 0.0433. The molecule has 5 nitrogen and oxygen atoms in total. The quantitative estimate of drug-likeness (QED) is 0.859. The summed E-state index contributed by atoms with van der Waals surface area (Å²) < 4.78 is 5.11. The van der Waals surface area contributed by atoms with Crippen LogP contribution in [0.4, 0.5) is 11.6 Å². The minimum Gasteiger partial charge on any atom is -0.447 e. The number of anilines is 2. The first-order valence-corrected chi connectivity index (χ1v) is 6.30. The van der Waals surface area contributed by atoms with E-state index in [1.165, 1.54) is 6.26 Å². The van der Waals surface area contributed by atoms with Gasteiger partial charge in [0, 0.05) is 24.7 Å². The first-order valence-electron chi connectivity index (χ1n) is 6.30. The van der Waals surface area contributed by atoms with Gasteiger partial charge in [-0.1, -0.05) is 6.07 Å². The lowest BCUT2D eigenvalue weighted by Crippen LogP contribution is -2.25. The van der Waals surface area contributed by atoms with Crippen molar-refractivity contribution in [1.82, 2.24) is 0 Å². The van der Waals surface area contributed by atoms with E-state index in [4.69, 9.17) is 15.4 Å². The van der Waals surface area contributed by atoms with E-state index in [1.54, 1.807) is 11.8 Å². The second-order valence-corrected chi connectivity index (χ2v) is 4.76. The molecule has 20 heavy (non-hydrogen) atoms. The zero-order valence-corrected chi connectivity index (χ0v) is 11.0. The third-order valence-electron chi connectivity index (χ3n) is 3.60. The zero-order valence-electron chi connectivity index (χ0n) is 11.0. The maximum absolute atomic E-state index is 11.5. The molecule has 0 unspecified atom stereocenters. The molecule has 2 N–H and O–H groups in total. The number of hydrogen-bond acceptors (Lipinski definition) is 4. The molecule has 3 rings (SSSR count). The summed E-state index contributed by atoms with van der Waals surface area (Å²) in [5.41, 5.74) is 9.58. The predicted molar refractivity (Wildman–Crippen MR) is 75.0 cm³/mol. The summed E-state index contributed by atoms with van der Waals surface area (Å²) >= 11 is 0. The lowest BCUT2D eigenvalue weighted by atomic mass is 10.0. The van der Waals surface area contributed by atoms with Gasteiger partial charge in [-0.25, -0.2) is 0 Å². The molecular weight excluding hydrogens is 254 g/mol. The van der Waals surface area contributed by atoms with Crippen LogP contribution in [0.3, 0.4) is 0 Å². The number of nitrogen functional groups attached to an aromatic ring is 1. The van der Waals surface area contributed by atoms with Crippen LogP contribution in [0.15, 0.2) is 28.9 Å². The van der Waals surface area contributed by atoms with Crippen LogP contribution in [0.25, 0.3) is 11.1 Å². The molecule has 5 heteroatoms. The summed E-state index contributed by atoms with van der Waals surface area (Å²) in [4.78, 5) is 13.3. The van der Waals surface area contributed by atoms with Gasteiger partial charge >= 0.3 is 0 Å². The van der Waals surface area contributed by atoms with Crippen molar-refractivity contribution in [1.29, 1.82) is 5.26 Å². The van der Waals surface area contributed by atoms with Crippen LogP contribution in [0, 0.1) is 11.3 Å².